The fraction of sp³-hybridized carbons (Fsp3) is 0.615. The van der Waals surface area contributed by atoms with Gasteiger partial charge in [0, 0.05) is 17.2 Å². The van der Waals surface area contributed by atoms with Crippen LogP contribution in [-0.4, -0.2) is 37.5 Å². The van der Waals surface area contributed by atoms with Gasteiger partial charge in [0.25, 0.3) is 0 Å². The lowest BCUT2D eigenvalue weighted by Gasteiger charge is -2.33. The molecular formula is C13H18N4O2S. The third-order valence-electron chi connectivity index (χ3n) is 3.55. The summed E-state index contributed by atoms with van der Waals surface area (Å²) >= 11 is -1.28. The van der Waals surface area contributed by atoms with Gasteiger partial charge >= 0.3 is 5.16 Å². The van der Waals surface area contributed by atoms with E-state index in [4.69, 9.17) is 5.26 Å². The van der Waals surface area contributed by atoms with E-state index in [0.29, 0.717) is 24.2 Å². The number of nitrogens with zero attached hydrogens (tertiary/aromatic N) is 3. The zero-order chi connectivity index (χ0) is 14.8. The van der Waals surface area contributed by atoms with Gasteiger partial charge < -0.3 is 15.0 Å². The summed E-state index contributed by atoms with van der Waals surface area (Å²) in [5, 5.41) is 22.4. The molecule has 0 saturated heterocycles. The van der Waals surface area contributed by atoms with Crippen LogP contribution in [0.1, 0.15) is 38.2 Å². The molecule has 1 aromatic heterocycles. The van der Waals surface area contributed by atoms with Crippen LogP contribution in [0.4, 0.5) is 5.82 Å². The van der Waals surface area contributed by atoms with Crippen LogP contribution >= 0.6 is 0 Å². The molecule has 7 heteroatoms. The van der Waals surface area contributed by atoms with Crippen LogP contribution in [-0.2, 0) is 11.2 Å². The molecule has 1 unspecified atom stereocenters. The first-order valence-corrected chi connectivity index (χ1v) is 8.06. The smallest absolute Gasteiger partial charge is 0.344 e. The molecule has 0 radical (unpaired) electrons. The summed E-state index contributed by atoms with van der Waals surface area (Å²) in [4.78, 5) is 8.08. The van der Waals surface area contributed by atoms with E-state index in [1.54, 1.807) is 0 Å². The Morgan fingerprint density at radius 1 is 1.55 bits per heavy atom. The summed E-state index contributed by atoms with van der Waals surface area (Å²) in [5.74, 6) is 0.430. The number of aromatic nitrogens is 2. The van der Waals surface area contributed by atoms with Crippen molar-refractivity contribution in [1.82, 2.24) is 9.97 Å². The Bertz CT molecular complexity index is 518. The first kappa shape index (κ1) is 15.0. The maximum atomic E-state index is 11.4. The second kappa shape index (κ2) is 5.95. The van der Waals surface area contributed by atoms with Gasteiger partial charge in [0.15, 0.2) is 5.82 Å². The minimum Gasteiger partial charge on any atom is -0.609 e. The van der Waals surface area contributed by atoms with Crippen LogP contribution in [0.25, 0.3) is 0 Å². The first-order chi connectivity index (χ1) is 9.41. The van der Waals surface area contributed by atoms with Gasteiger partial charge in [-0.1, -0.05) is 0 Å². The topological polar surface area (TPSA) is 105 Å². The van der Waals surface area contributed by atoms with Crippen molar-refractivity contribution in [3.05, 3.63) is 11.8 Å². The van der Waals surface area contributed by atoms with Crippen LogP contribution in [0.5, 0.6) is 0 Å². The summed E-state index contributed by atoms with van der Waals surface area (Å²) in [7, 11) is 0. The van der Waals surface area contributed by atoms with Gasteiger partial charge in [0.1, 0.15) is 17.9 Å². The second-order valence-corrected chi connectivity index (χ2v) is 6.67. The van der Waals surface area contributed by atoms with Crippen molar-refractivity contribution in [3.8, 4) is 6.07 Å². The summed E-state index contributed by atoms with van der Waals surface area (Å²) in [5.41, 5.74) is -0.255. The number of aliphatic hydroxyl groups is 1. The predicted octanol–water partition coefficient (Wildman–Crippen LogP) is 1.19. The van der Waals surface area contributed by atoms with Gasteiger partial charge in [0.05, 0.1) is 11.8 Å². The number of nitrogens with one attached hydrogen (secondary N) is 1. The molecule has 1 fully saturated rings. The molecule has 1 aromatic rings. The quantitative estimate of drug-likeness (QED) is 0.641. The zero-order valence-electron chi connectivity index (χ0n) is 11.6. The average molecular weight is 294 g/mol. The molecule has 1 aliphatic rings. The average Bonchev–Trinajstić information content (AvgIpc) is 2.41. The minimum atomic E-state index is -1.28. The molecule has 2 N–H and O–H groups in total. The maximum absolute atomic E-state index is 11.4. The SMILES string of the molecule is C[S+]([O-])c1ncc(C#N)c(N[C@H]2CC[C@@](C)(O)CC2)n1. The van der Waals surface area contributed by atoms with Crippen LogP contribution in [0.3, 0.4) is 0 Å². The summed E-state index contributed by atoms with van der Waals surface area (Å²) in [6, 6.07) is 2.19. The van der Waals surface area contributed by atoms with E-state index in [9.17, 15) is 9.66 Å². The van der Waals surface area contributed by atoms with E-state index in [0.717, 1.165) is 12.8 Å². The first-order valence-electron chi connectivity index (χ1n) is 6.51. The van der Waals surface area contributed by atoms with E-state index < -0.39 is 16.8 Å². The molecule has 0 aliphatic heterocycles. The van der Waals surface area contributed by atoms with Crippen molar-refractivity contribution >= 4 is 17.0 Å². The monoisotopic (exact) mass is 294 g/mol. The molecule has 2 rings (SSSR count). The molecule has 0 amide bonds. The molecule has 6 nitrogen and oxygen atoms in total. The van der Waals surface area contributed by atoms with Gasteiger partial charge in [-0.2, -0.15) is 15.2 Å². The Morgan fingerprint density at radius 2 is 2.20 bits per heavy atom. The highest BCUT2D eigenvalue weighted by atomic mass is 32.2. The van der Waals surface area contributed by atoms with Crippen molar-refractivity contribution in [1.29, 1.82) is 5.26 Å². The van der Waals surface area contributed by atoms with Crippen molar-refractivity contribution in [2.45, 2.75) is 49.4 Å². The van der Waals surface area contributed by atoms with Gasteiger partial charge in [-0.25, -0.2) is 0 Å². The van der Waals surface area contributed by atoms with E-state index in [-0.39, 0.29) is 11.2 Å². The van der Waals surface area contributed by atoms with Gasteiger partial charge in [-0.15, -0.1) is 0 Å². The fourth-order valence-electron chi connectivity index (χ4n) is 2.27. The number of anilines is 1. The molecule has 1 heterocycles. The number of hydrogen-bond donors (Lipinski definition) is 2. The zero-order valence-corrected chi connectivity index (χ0v) is 12.4. The summed E-state index contributed by atoms with van der Waals surface area (Å²) < 4.78 is 11.4. The maximum Gasteiger partial charge on any atom is 0.344 e. The third-order valence-corrected chi connectivity index (χ3v) is 4.26. The number of hydrogen-bond acceptors (Lipinski definition) is 6. The van der Waals surface area contributed by atoms with E-state index >= 15 is 0 Å². The molecule has 0 aromatic carbocycles. The fourth-order valence-corrected chi connectivity index (χ4v) is 2.69. The van der Waals surface area contributed by atoms with Crippen LogP contribution in [0, 0.1) is 11.3 Å². The Labute approximate surface area is 121 Å². The molecule has 1 aliphatic carbocycles. The third kappa shape index (κ3) is 3.60. The van der Waals surface area contributed by atoms with Crippen molar-refractivity contribution in [3.63, 3.8) is 0 Å². The Kier molecular flexibility index (Phi) is 4.48. The normalized spacial score (nSPS) is 27.6. The van der Waals surface area contributed by atoms with Gasteiger partial charge in [-0.3, -0.25) is 0 Å². The van der Waals surface area contributed by atoms with E-state index in [1.807, 2.05) is 13.0 Å². The van der Waals surface area contributed by atoms with Crippen LogP contribution in [0.15, 0.2) is 11.4 Å². The van der Waals surface area contributed by atoms with Gasteiger partial charge in [0.2, 0.25) is 0 Å². The highest BCUT2D eigenvalue weighted by Crippen LogP contribution is 2.29. The van der Waals surface area contributed by atoms with E-state index in [1.165, 1.54) is 12.5 Å². The van der Waals surface area contributed by atoms with Crippen molar-refractivity contribution in [2.75, 3.05) is 11.6 Å². The molecule has 108 valence electrons. The van der Waals surface area contributed by atoms with Gasteiger partial charge in [-0.05, 0) is 32.6 Å². The highest BCUT2D eigenvalue weighted by molar-refractivity contribution is 7.90. The predicted molar refractivity (Wildman–Crippen MR) is 75.6 cm³/mol. The van der Waals surface area contributed by atoms with Crippen LogP contribution < -0.4 is 5.32 Å². The van der Waals surface area contributed by atoms with Crippen LogP contribution in [0.2, 0.25) is 0 Å². The standard InChI is InChI=1S/C13H18N4O2S/c1-13(18)5-3-10(4-6-13)16-11-9(7-14)8-15-12(17-11)20(2)19/h8,10,18H,3-6H2,1-2H3,(H,15,16,17)/t10-,13+,20?. The molecular weight excluding hydrogens is 276 g/mol. The largest absolute Gasteiger partial charge is 0.609 e. The lowest BCUT2D eigenvalue weighted by molar-refractivity contribution is 0.0196. The summed E-state index contributed by atoms with van der Waals surface area (Å²) in [6.07, 6.45) is 5.95. The minimum absolute atomic E-state index is 0.162. The Morgan fingerprint density at radius 3 is 2.75 bits per heavy atom. The lowest BCUT2D eigenvalue weighted by Crippen LogP contribution is -2.36. The highest BCUT2D eigenvalue weighted by Gasteiger charge is 2.29. The Balaban J connectivity index is 2.12. The second-order valence-electron chi connectivity index (χ2n) is 5.40. The molecule has 20 heavy (non-hydrogen) atoms. The lowest BCUT2D eigenvalue weighted by atomic mass is 9.83. The Hall–Kier alpha value is -1.36. The number of rotatable bonds is 3. The molecule has 0 bridgehead atoms. The van der Waals surface area contributed by atoms with Crippen molar-refractivity contribution in [2.24, 2.45) is 0 Å². The molecule has 0 spiro atoms. The van der Waals surface area contributed by atoms with Crippen molar-refractivity contribution < 1.29 is 9.66 Å². The molecule has 1 atom stereocenters. The van der Waals surface area contributed by atoms with E-state index in [2.05, 4.69) is 15.3 Å². The summed E-state index contributed by atoms with van der Waals surface area (Å²) in [6.45, 7) is 1.84. The molecule has 1 saturated carbocycles. The number of nitriles is 1.